The predicted molar refractivity (Wildman–Crippen MR) is 105 cm³/mol. The molecule has 0 aliphatic heterocycles. The highest BCUT2D eigenvalue weighted by molar-refractivity contribution is 5.88. The summed E-state index contributed by atoms with van der Waals surface area (Å²) < 4.78 is 10.7. The first kappa shape index (κ1) is 18.3. The van der Waals surface area contributed by atoms with Gasteiger partial charge in [0.05, 0.1) is 25.8 Å². The van der Waals surface area contributed by atoms with E-state index >= 15 is 0 Å². The van der Waals surface area contributed by atoms with Crippen LogP contribution >= 0.6 is 0 Å². The molecule has 1 N–H and O–H groups in total. The number of methoxy groups -OCH3 is 2. The number of nitrogens with zero attached hydrogens (tertiary/aromatic N) is 1. The van der Waals surface area contributed by atoms with Crippen molar-refractivity contribution in [1.29, 1.82) is 0 Å². The molecule has 0 heterocycles. The molecule has 1 aromatic rings. The highest BCUT2D eigenvalue weighted by atomic mass is 16.5. The molecule has 0 aromatic heterocycles. The monoisotopic (exact) mass is 370 g/mol. The summed E-state index contributed by atoms with van der Waals surface area (Å²) in [6.45, 7) is 4.75. The molecule has 27 heavy (non-hydrogen) atoms. The van der Waals surface area contributed by atoms with E-state index in [1.165, 1.54) is 19.3 Å². The molecule has 4 bridgehead atoms. The van der Waals surface area contributed by atoms with Crippen LogP contribution in [-0.2, 0) is 4.79 Å². The third-order valence-electron chi connectivity index (χ3n) is 6.91. The van der Waals surface area contributed by atoms with Gasteiger partial charge in [-0.15, -0.1) is 0 Å². The van der Waals surface area contributed by atoms with E-state index in [1.54, 1.807) is 20.4 Å². The Hall–Kier alpha value is -2.04. The number of benzene rings is 1. The van der Waals surface area contributed by atoms with Crippen LogP contribution < -0.4 is 14.9 Å². The minimum Gasteiger partial charge on any atom is -0.493 e. The largest absolute Gasteiger partial charge is 0.493 e. The average molecular weight is 370 g/mol. The van der Waals surface area contributed by atoms with Gasteiger partial charge in [-0.05, 0) is 67.4 Å². The molecule has 5 rings (SSSR count). The van der Waals surface area contributed by atoms with Crippen molar-refractivity contribution < 1.29 is 14.3 Å². The number of hydrogen-bond acceptors (Lipinski definition) is 4. The second kappa shape index (κ2) is 6.25. The molecule has 5 nitrogen and oxygen atoms in total. The summed E-state index contributed by atoms with van der Waals surface area (Å²) in [7, 11) is 3.21. The molecule has 2 atom stereocenters. The van der Waals surface area contributed by atoms with Crippen LogP contribution in [0.3, 0.4) is 0 Å². The van der Waals surface area contributed by atoms with Gasteiger partial charge in [-0.25, -0.2) is 5.43 Å². The Balaban J connectivity index is 1.51. The zero-order chi connectivity index (χ0) is 19.3. The van der Waals surface area contributed by atoms with Gasteiger partial charge in [0.2, 0.25) is 5.91 Å². The number of carbonyl (C=O) groups is 1. The summed E-state index contributed by atoms with van der Waals surface area (Å²) in [6, 6.07) is 5.61. The summed E-state index contributed by atoms with van der Waals surface area (Å²) in [6.07, 6.45) is 8.47. The number of amides is 1. The van der Waals surface area contributed by atoms with Gasteiger partial charge in [-0.2, -0.15) is 5.10 Å². The van der Waals surface area contributed by atoms with E-state index < -0.39 is 0 Å². The van der Waals surface area contributed by atoms with Crippen LogP contribution in [0.2, 0.25) is 0 Å². The van der Waals surface area contributed by atoms with Gasteiger partial charge in [0.25, 0.3) is 0 Å². The molecule has 0 radical (unpaired) electrons. The van der Waals surface area contributed by atoms with Gasteiger partial charge in [0.15, 0.2) is 11.5 Å². The highest BCUT2D eigenvalue weighted by Crippen LogP contribution is 2.69. The molecule has 4 aliphatic carbocycles. The van der Waals surface area contributed by atoms with Gasteiger partial charge in [-0.3, -0.25) is 4.79 Å². The molecule has 1 amide bonds. The van der Waals surface area contributed by atoms with Crippen molar-refractivity contribution in [2.45, 2.75) is 52.4 Å². The normalized spacial score (nSPS) is 36.8. The maximum atomic E-state index is 13.2. The van der Waals surface area contributed by atoms with E-state index in [4.69, 9.17) is 9.47 Å². The molecular formula is C22H30N2O3. The zero-order valence-electron chi connectivity index (χ0n) is 16.8. The molecule has 5 heteroatoms. The first-order valence-electron chi connectivity index (χ1n) is 9.85. The number of hydrazone groups is 1. The van der Waals surface area contributed by atoms with Crippen molar-refractivity contribution >= 4 is 12.1 Å². The number of para-hydroxylation sites is 1. The lowest BCUT2D eigenvalue weighted by molar-refractivity contribution is -0.170. The second-order valence-electron chi connectivity index (χ2n) is 9.69. The van der Waals surface area contributed by atoms with Crippen molar-refractivity contribution in [3.63, 3.8) is 0 Å². The molecule has 4 aliphatic rings. The van der Waals surface area contributed by atoms with E-state index in [1.807, 2.05) is 18.2 Å². The number of hydrogen-bond donors (Lipinski definition) is 1. The van der Waals surface area contributed by atoms with Crippen LogP contribution in [0.15, 0.2) is 23.3 Å². The van der Waals surface area contributed by atoms with Crippen LogP contribution in [0.25, 0.3) is 0 Å². The minimum atomic E-state index is -0.251. The molecule has 0 saturated heterocycles. The standard InChI is InChI=1S/C22H30N2O3/c1-20-8-15-9-21(2,12-20)14-22(10-15,13-20)19(25)24-23-11-16-6-5-7-17(26-3)18(16)27-4/h5-7,11,15H,8-10,12-14H2,1-4H3,(H,24,25)/b23-11+. The zero-order valence-corrected chi connectivity index (χ0v) is 16.8. The van der Waals surface area contributed by atoms with Crippen molar-refractivity contribution in [1.82, 2.24) is 5.43 Å². The average Bonchev–Trinajstić information content (AvgIpc) is 2.58. The number of ether oxygens (including phenoxy) is 2. The van der Waals surface area contributed by atoms with Crippen molar-refractivity contribution in [2.24, 2.45) is 27.3 Å². The number of carbonyl (C=O) groups excluding carboxylic acids is 1. The fourth-order valence-corrected chi connectivity index (χ4v) is 6.99. The third kappa shape index (κ3) is 3.11. The molecular weight excluding hydrogens is 340 g/mol. The van der Waals surface area contributed by atoms with Gasteiger partial charge >= 0.3 is 0 Å². The Kier molecular flexibility index (Phi) is 4.24. The van der Waals surface area contributed by atoms with E-state index in [9.17, 15) is 4.79 Å². The molecule has 146 valence electrons. The van der Waals surface area contributed by atoms with Gasteiger partial charge in [-0.1, -0.05) is 19.9 Å². The van der Waals surface area contributed by atoms with Crippen LogP contribution in [0.4, 0.5) is 0 Å². The summed E-state index contributed by atoms with van der Waals surface area (Å²) in [5, 5.41) is 4.27. The predicted octanol–water partition coefficient (Wildman–Crippen LogP) is 4.15. The fourth-order valence-electron chi connectivity index (χ4n) is 6.99. The minimum absolute atomic E-state index is 0.0853. The topological polar surface area (TPSA) is 59.9 Å². The molecule has 2 unspecified atom stereocenters. The quantitative estimate of drug-likeness (QED) is 0.626. The molecule has 4 saturated carbocycles. The van der Waals surface area contributed by atoms with Crippen LogP contribution in [0.1, 0.15) is 57.9 Å². The number of rotatable bonds is 5. The lowest BCUT2D eigenvalue weighted by Crippen LogP contribution is -2.59. The van der Waals surface area contributed by atoms with E-state index in [-0.39, 0.29) is 11.3 Å². The Bertz CT molecular complexity index is 770. The summed E-state index contributed by atoms with van der Waals surface area (Å²) in [5.41, 5.74) is 4.00. The van der Waals surface area contributed by atoms with Gasteiger partial charge in [0, 0.05) is 5.56 Å². The maximum Gasteiger partial charge on any atom is 0.246 e. The van der Waals surface area contributed by atoms with Crippen LogP contribution in [-0.4, -0.2) is 26.3 Å². The lowest BCUT2D eigenvalue weighted by Gasteiger charge is -2.64. The van der Waals surface area contributed by atoms with Crippen LogP contribution in [0.5, 0.6) is 11.5 Å². The fraction of sp³-hybridized carbons (Fsp3) is 0.636. The Morgan fingerprint density at radius 2 is 1.81 bits per heavy atom. The SMILES string of the molecule is COc1cccc(/C=N/NC(=O)C23CC4CC(C)(CC(C)(C4)C2)C3)c1OC. The third-order valence-corrected chi connectivity index (χ3v) is 6.91. The van der Waals surface area contributed by atoms with Gasteiger partial charge < -0.3 is 9.47 Å². The smallest absolute Gasteiger partial charge is 0.246 e. The molecule has 1 aromatic carbocycles. The summed E-state index contributed by atoms with van der Waals surface area (Å²) >= 11 is 0. The first-order chi connectivity index (χ1) is 12.8. The lowest BCUT2D eigenvalue weighted by atomic mass is 9.40. The second-order valence-corrected chi connectivity index (χ2v) is 9.69. The van der Waals surface area contributed by atoms with Gasteiger partial charge in [0.1, 0.15) is 0 Å². The Labute approximate surface area is 161 Å². The molecule has 4 fully saturated rings. The van der Waals surface area contributed by atoms with E-state index in [0.29, 0.717) is 28.2 Å². The van der Waals surface area contributed by atoms with E-state index in [0.717, 1.165) is 24.8 Å². The van der Waals surface area contributed by atoms with Crippen LogP contribution in [0, 0.1) is 22.2 Å². The highest BCUT2D eigenvalue weighted by Gasteiger charge is 2.62. The Morgan fingerprint density at radius 1 is 1.11 bits per heavy atom. The van der Waals surface area contributed by atoms with Crippen molar-refractivity contribution in [3.8, 4) is 11.5 Å². The summed E-state index contributed by atoms with van der Waals surface area (Å²) in [5.74, 6) is 2.04. The maximum absolute atomic E-state index is 13.2. The number of nitrogens with one attached hydrogen (secondary N) is 1. The Morgan fingerprint density at radius 3 is 2.41 bits per heavy atom. The van der Waals surface area contributed by atoms with Crippen molar-refractivity contribution in [2.75, 3.05) is 14.2 Å². The van der Waals surface area contributed by atoms with E-state index in [2.05, 4.69) is 24.4 Å². The first-order valence-corrected chi connectivity index (χ1v) is 9.85. The summed E-state index contributed by atoms with van der Waals surface area (Å²) in [4.78, 5) is 13.2. The van der Waals surface area contributed by atoms with Crippen molar-refractivity contribution in [3.05, 3.63) is 23.8 Å². The molecule has 0 spiro atoms.